The molecule has 7 rings (SSSR count). The van der Waals surface area contributed by atoms with Gasteiger partial charge in [-0.1, -0.05) is 12.1 Å². The highest BCUT2D eigenvalue weighted by molar-refractivity contribution is 7.80. The summed E-state index contributed by atoms with van der Waals surface area (Å²) in [6.45, 7) is 3.75. The number of amides is 4. The number of hydrogen-bond acceptors (Lipinski definition) is 9. The second-order valence-electron chi connectivity index (χ2n) is 17.1. The van der Waals surface area contributed by atoms with Gasteiger partial charge in [-0.2, -0.15) is 36.7 Å². The molecule has 1 aliphatic carbocycles. The van der Waals surface area contributed by atoms with Crippen LogP contribution < -0.4 is 15.1 Å². The van der Waals surface area contributed by atoms with Crippen molar-refractivity contribution in [2.45, 2.75) is 95.2 Å². The lowest BCUT2D eigenvalue weighted by atomic mass is 9.82. The van der Waals surface area contributed by atoms with E-state index in [-0.39, 0.29) is 61.6 Å². The molecule has 0 spiro atoms. The van der Waals surface area contributed by atoms with Crippen molar-refractivity contribution in [2.24, 2.45) is 13.0 Å². The Bertz CT molecular complexity index is 2320. The number of imide groups is 1. The molecule has 1 saturated carbocycles. The van der Waals surface area contributed by atoms with Gasteiger partial charge in [-0.25, -0.2) is 4.79 Å². The van der Waals surface area contributed by atoms with E-state index in [4.69, 9.17) is 12.2 Å². The Labute approximate surface area is 359 Å². The predicted octanol–water partition coefficient (Wildman–Crippen LogP) is 6.32. The molecule has 3 aliphatic heterocycles. The summed E-state index contributed by atoms with van der Waals surface area (Å²) in [6, 6.07) is 7.24. The third-order valence-corrected chi connectivity index (χ3v) is 13.0. The number of ketones is 1. The molecule has 4 heterocycles. The number of hydrogen-bond donors (Lipinski definition) is 1. The second-order valence-corrected chi connectivity index (χ2v) is 17.4. The lowest BCUT2D eigenvalue weighted by molar-refractivity contribution is -0.197. The highest BCUT2D eigenvalue weighted by Gasteiger charge is 2.53. The Morgan fingerprint density at radius 1 is 1.02 bits per heavy atom. The van der Waals surface area contributed by atoms with Crippen molar-refractivity contribution in [3.8, 4) is 6.07 Å². The van der Waals surface area contributed by atoms with Crippen molar-refractivity contribution >= 4 is 63.4 Å². The molecule has 20 heteroatoms. The van der Waals surface area contributed by atoms with E-state index in [1.165, 1.54) is 20.5 Å². The molecule has 4 amide bonds. The van der Waals surface area contributed by atoms with Crippen LogP contribution in [-0.2, 0) is 34.0 Å². The van der Waals surface area contributed by atoms with Crippen LogP contribution in [0.4, 0.5) is 42.6 Å². The van der Waals surface area contributed by atoms with Crippen molar-refractivity contribution in [1.29, 1.82) is 5.26 Å². The van der Waals surface area contributed by atoms with Gasteiger partial charge < -0.3 is 9.80 Å². The maximum atomic E-state index is 14.5. The van der Waals surface area contributed by atoms with Gasteiger partial charge in [0, 0.05) is 57.5 Å². The number of aromatic nitrogens is 2. The molecule has 4 aliphatic rings. The number of carbonyl (C=O) groups excluding carboxylic acids is 4. The van der Waals surface area contributed by atoms with Crippen LogP contribution in [-0.4, -0.2) is 116 Å². The van der Waals surface area contributed by atoms with E-state index < -0.39 is 52.9 Å². The monoisotopic (exact) mass is 887 g/mol. The Morgan fingerprint density at radius 3 is 2.40 bits per heavy atom. The van der Waals surface area contributed by atoms with Gasteiger partial charge in [-0.15, -0.1) is 0 Å². The van der Waals surface area contributed by atoms with E-state index in [1.54, 1.807) is 50.1 Å². The minimum Gasteiger partial charge on any atom is -0.331 e. The summed E-state index contributed by atoms with van der Waals surface area (Å²) in [5, 5.41) is 16.6. The highest BCUT2D eigenvalue weighted by Crippen LogP contribution is 2.42. The smallest absolute Gasteiger partial charge is 0.331 e. The van der Waals surface area contributed by atoms with Crippen molar-refractivity contribution in [2.75, 3.05) is 49.1 Å². The molecule has 3 aromatic rings. The summed E-state index contributed by atoms with van der Waals surface area (Å²) in [6.07, 6.45) is -5.03. The van der Waals surface area contributed by atoms with E-state index in [0.29, 0.717) is 60.6 Å². The molecule has 332 valence electrons. The fourth-order valence-electron chi connectivity index (χ4n) is 9.53. The summed E-state index contributed by atoms with van der Waals surface area (Å²) in [4.78, 5) is 58.5. The molecular weight excluding hydrogens is 841 g/mol. The SMILES string of the molecule is Cn1nc(N2CCC(=O)NC2=O)c2cccc(CC(=O)CN3CCN(CCCC4CCC(N5C(=S)N(c6ccc(C#N)c(C(F)(F)F)c6)C(=O)C5(C)C)CC4)C[C@@H]3C(F)(F)F)c21. The molecule has 1 N–H and O–H groups in total. The molecule has 62 heavy (non-hydrogen) atoms. The van der Waals surface area contributed by atoms with Crippen LogP contribution in [0.5, 0.6) is 0 Å². The number of urea groups is 1. The van der Waals surface area contributed by atoms with Gasteiger partial charge in [0.15, 0.2) is 16.7 Å². The molecule has 0 bridgehead atoms. The van der Waals surface area contributed by atoms with Crippen LogP contribution >= 0.6 is 12.2 Å². The molecule has 2 aromatic carbocycles. The first-order valence-electron chi connectivity index (χ1n) is 20.6. The van der Waals surface area contributed by atoms with Crippen LogP contribution in [0.2, 0.25) is 0 Å². The van der Waals surface area contributed by atoms with Gasteiger partial charge in [0.1, 0.15) is 11.6 Å². The van der Waals surface area contributed by atoms with Gasteiger partial charge in [0.2, 0.25) is 5.91 Å². The number of piperazine rings is 1. The first-order chi connectivity index (χ1) is 29.2. The Morgan fingerprint density at radius 2 is 1.74 bits per heavy atom. The number of rotatable bonds is 11. The quantitative estimate of drug-likeness (QED) is 0.172. The van der Waals surface area contributed by atoms with Crippen LogP contribution in [0.15, 0.2) is 36.4 Å². The lowest BCUT2D eigenvalue weighted by Gasteiger charge is -2.42. The van der Waals surface area contributed by atoms with Crippen molar-refractivity contribution < 1.29 is 45.5 Å². The van der Waals surface area contributed by atoms with Gasteiger partial charge >= 0.3 is 18.4 Å². The first kappa shape index (κ1) is 44.9. The van der Waals surface area contributed by atoms with Gasteiger partial charge in [0.05, 0.1) is 34.9 Å². The zero-order chi connectivity index (χ0) is 44.9. The van der Waals surface area contributed by atoms with Gasteiger partial charge in [-0.05, 0) is 107 Å². The second kappa shape index (κ2) is 17.2. The number of benzene rings is 2. The molecular formula is C42H47F6N9O4S. The van der Waals surface area contributed by atoms with Gasteiger partial charge in [-0.3, -0.25) is 39.1 Å². The first-order valence-corrected chi connectivity index (χ1v) is 21.0. The summed E-state index contributed by atoms with van der Waals surface area (Å²) < 4.78 is 86.3. The van der Waals surface area contributed by atoms with Crippen LogP contribution in [0.3, 0.4) is 0 Å². The molecule has 0 radical (unpaired) electrons. The largest absolute Gasteiger partial charge is 0.417 e. The third kappa shape index (κ3) is 8.89. The minimum absolute atomic E-state index is 0.0588. The number of alkyl halides is 6. The molecule has 3 saturated heterocycles. The standard InChI is InChI=1S/C42H47F6N9O4S/c1-40(2)37(60)56(29-14-11-27(22-49)32(21-29)41(43,44)45)39(62)57(40)28-12-9-25(10-13-28)6-5-16-53-18-19-54(33(24-53)42(46,47)48)23-30(58)20-26-7-4-8-31-35(26)52(3)51-36(31)55-17-15-34(59)50-38(55)61/h4,7-8,11,14,21,25,28,33H,5-6,9-10,12-13,15-20,23-24H2,1-3H3,(H,50,59,61)/t25?,28?,33-/m1/s1. The number of thiocarbonyl (C=S) groups is 1. The highest BCUT2D eigenvalue weighted by atomic mass is 32.1. The average molecular weight is 888 g/mol. The van der Waals surface area contributed by atoms with E-state index in [2.05, 4.69) is 10.4 Å². The van der Waals surface area contributed by atoms with Crippen LogP contribution in [0, 0.1) is 17.2 Å². The zero-order valence-corrected chi connectivity index (χ0v) is 35.3. The molecule has 13 nitrogen and oxygen atoms in total. The molecule has 1 atom stereocenters. The summed E-state index contributed by atoms with van der Waals surface area (Å²) in [5.74, 6) is -0.631. The molecule has 0 unspecified atom stereocenters. The Balaban J connectivity index is 0.910. The lowest BCUT2D eigenvalue weighted by Crippen LogP contribution is -2.60. The number of Topliss-reactive ketones (excluding diaryl/α,β-unsaturated/α-hetero) is 1. The van der Waals surface area contributed by atoms with Crippen LogP contribution in [0.1, 0.15) is 75.5 Å². The number of nitrogens with one attached hydrogen (secondary N) is 1. The van der Waals surface area contributed by atoms with E-state index in [0.717, 1.165) is 36.3 Å². The van der Waals surface area contributed by atoms with E-state index >= 15 is 0 Å². The Kier molecular flexibility index (Phi) is 12.5. The number of nitriles is 1. The normalized spacial score (nSPS) is 23.0. The topological polar surface area (TPSA) is 138 Å². The Hall–Kier alpha value is -5.13. The van der Waals surface area contributed by atoms with Crippen molar-refractivity contribution in [1.82, 2.24) is 29.8 Å². The fourth-order valence-corrected chi connectivity index (χ4v) is 10.1. The number of nitrogens with zero attached hydrogens (tertiary/aromatic N) is 8. The number of para-hydroxylation sites is 1. The minimum atomic E-state index is -4.80. The van der Waals surface area contributed by atoms with E-state index in [1.807, 2.05) is 4.90 Å². The molecule has 4 fully saturated rings. The van der Waals surface area contributed by atoms with E-state index in [9.17, 15) is 50.8 Å². The summed E-state index contributed by atoms with van der Waals surface area (Å²) in [5.41, 5.74) is -1.76. The summed E-state index contributed by atoms with van der Waals surface area (Å²) >= 11 is 5.72. The van der Waals surface area contributed by atoms with Crippen LogP contribution in [0.25, 0.3) is 10.9 Å². The molecule has 1 aromatic heterocycles. The number of aryl methyl sites for hydroxylation is 1. The maximum Gasteiger partial charge on any atom is 0.417 e. The number of anilines is 2. The van der Waals surface area contributed by atoms with Gasteiger partial charge in [0.25, 0.3) is 5.91 Å². The summed E-state index contributed by atoms with van der Waals surface area (Å²) in [7, 11) is 1.65. The van der Waals surface area contributed by atoms with Crippen molar-refractivity contribution in [3.63, 3.8) is 0 Å². The average Bonchev–Trinajstić information content (AvgIpc) is 3.63. The predicted molar refractivity (Wildman–Crippen MR) is 220 cm³/mol. The number of fused-ring (bicyclic) bond motifs is 1. The third-order valence-electron chi connectivity index (χ3n) is 12.6. The zero-order valence-electron chi connectivity index (χ0n) is 34.5. The fraction of sp³-hybridized carbons (Fsp3) is 0.548. The maximum absolute atomic E-state index is 14.5. The van der Waals surface area contributed by atoms with Crippen molar-refractivity contribution in [3.05, 3.63) is 53.1 Å². The number of carbonyl (C=O) groups is 4. The number of halogens is 6.